The molecule has 2 atom stereocenters. The Labute approximate surface area is 114 Å². The molecule has 19 heavy (non-hydrogen) atoms. The summed E-state index contributed by atoms with van der Waals surface area (Å²) in [5.74, 6) is 0.450. The first kappa shape index (κ1) is 14.4. The van der Waals surface area contributed by atoms with Gasteiger partial charge in [-0.05, 0) is 56.8 Å². The van der Waals surface area contributed by atoms with Crippen molar-refractivity contribution in [3.63, 3.8) is 0 Å². The second-order valence-electron chi connectivity index (χ2n) is 5.58. The van der Waals surface area contributed by atoms with Gasteiger partial charge in [0.2, 0.25) is 0 Å². The van der Waals surface area contributed by atoms with E-state index in [1.54, 1.807) is 6.07 Å². The topological polar surface area (TPSA) is 36.4 Å². The summed E-state index contributed by atoms with van der Waals surface area (Å²) in [5.41, 5.74) is 0.560. The summed E-state index contributed by atoms with van der Waals surface area (Å²) in [4.78, 5) is 6.34. The number of nitrogens with zero attached hydrogens (tertiary/aromatic N) is 2. The highest BCUT2D eigenvalue weighted by Crippen LogP contribution is 2.19. The summed E-state index contributed by atoms with van der Waals surface area (Å²) < 4.78 is 12.8. The van der Waals surface area contributed by atoms with E-state index in [9.17, 15) is 9.50 Å². The molecular formula is C15H23FN2O. The van der Waals surface area contributed by atoms with Gasteiger partial charge in [-0.15, -0.1) is 0 Å². The summed E-state index contributed by atoms with van der Waals surface area (Å²) in [6.07, 6.45) is 5.01. The zero-order valence-electron chi connectivity index (χ0n) is 11.6. The van der Waals surface area contributed by atoms with Crippen LogP contribution >= 0.6 is 0 Å². The maximum Gasteiger partial charge on any atom is 0.141 e. The standard InChI is InChI=1S/C15H23FN2O/c1-12-3-2-8-18(9-6-12)10-7-15(19)14-5-4-13(16)11-17-14/h4-5,11-12,15,19H,2-3,6-10H2,1H3. The van der Waals surface area contributed by atoms with Gasteiger partial charge in [-0.2, -0.15) is 0 Å². The second kappa shape index (κ2) is 6.96. The van der Waals surface area contributed by atoms with Gasteiger partial charge in [0.15, 0.2) is 0 Å². The summed E-state index contributed by atoms with van der Waals surface area (Å²) in [6, 6.07) is 2.91. The number of aliphatic hydroxyl groups is 1. The molecule has 0 aliphatic carbocycles. The van der Waals surface area contributed by atoms with E-state index in [4.69, 9.17) is 0 Å². The molecule has 0 spiro atoms. The van der Waals surface area contributed by atoms with E-state index in [0.717, 1.165) is 31.7 Å². The number of pyridine rings is 1. The van der Waals surface area contributed by atoms with Gasteiger partial charge in [-0.25, -0.2) is 4.39 Å². The van der Waals surface area contributed by atoms with Gasteiger partial charge < -0.3 is 10.0 Å². The molecule has 0 radical (unpaired) electrons. The Hall–Kier alpha value is -1.00. The summed E-state index contributed by atoms with van der Waals surface area (Å²) >= 11 is 0. The van der Waals surface area contributed by atoms with Crippen LogP contribution in [0.3, 0.4) is 0 Å². The van der Waals surface area contributed by atoms with Crippen molar-refractivity contribution in [3.8, 4) is 0 Å². The van der Waals surface area contributed by atoms with E-state index in [1.807, 2.05) is 0 Å². The molecule has 3 nitrogen and oxygen atoms in total. The van der Waals surface area contributed by atoms with Crippen LogP contribution in [0.1, 0.15) is 44.4 Å². The van der Waals surface area contributed by atoms with E-state index in [2.05, 4.69) is 16.8 Å². The van der Waals surface area contributed by atoms with Gasteiger partial charge >= 0.3 is 0 Å². The predicted octanol–water partition coefficient (Wildman–Crippen LogP) is 2.77. The lowest BCUT2D eigenvalue weighted by Gasteiger charge is -2.21. The lowest BCUT2D eigenvalue weighted by molar-refractivity contribution is 0.139. The molecule has 0 aromatic carbocycles. The van der Waals surface area contributed by atoms with Crippen molar-refractivity contribution in [2.75, 3.05) is 19.6 Å². The fourth-order valence-electron chi connectivity index (χ4n) is 2.58. The van der Waals surface area contributed by atoms with E-state index in [1.165, 1.54) is 25.3 Å². The van der Waals surface area contributed by atoms with Gasteiger partial charge in [-0.3, -0.25) is 4.98 Å². The molecule has 106 valence electrons. The third-order valence-electron chi connectivity index (χ3n) is 3.92. The van der Waals surface area contributed by atoms with Gasteiger partial charge in [0.1, 0.15) is 5.82 Å². The van der Waals surface area contributed by atoms with Crippen molar-refractivity contribution in [3.05, 3.63) is 29.8 Å². The largest absolute Gasteiger partial charge is 0.387 e. The smallest absolute Gasteiger partial charge is 0.141 e. The van der Waals surface area contributed by atoms with Gasteiger partial charge in [0.05, 0.1) is 18.0 Å². The minimum atomic E-state index is -0.596. The van der Waals surface area contributed by atoms with Crippen LogP contribution in [0.25, 0.3) is 0 Å². The molecule has 1 N–H and O–H groups in total. The van der Waals surface area contributed by atoms with Gasteiger partial charge in [0.25, 0.3) is 0 Å². The molecule has 1 aliphatic rings. The van der Waals surface area contributed by atoms with Gasteiger partial charge in [0, 0.05) is 6.54 Å². The summed E-state index contributed by atoms with van der Waals surface area (Å²) in [5, 5.41) is 10.1. The molecule has 4 heteroatoms. The number of aromatic nitrogens is 1. The maximum absolute atomic E-state index is 12.8. The third-order valence-corrected chi connectivity index (χ3v) is 3.92. The van der Waals surface area contributed by atoms with Crippen molar-refractivity contribution in [1.29, 1.82) is 0 Å². The first-order valence-corrected chi connectivity index (χ1v) is 7.17. The van der Waals surface area contributed by atoms with E-state index in [-0.39, 0.29) is 5.82 Å². The molecule has 2 rings (SSSR count). The number of hydrogen-bond acceptors (Lipinski definition) is 3. The molecule has 1 fully saturated rings. The molecule has 2 unspecified atom stereocenters. The summed E-state index contributed by atoms with van der Waals surface area (Å²) in [7, 11) is 0. The Kier molecular flexibility index (Phi) is 5.28. The molecule has 1 aromatic rings. The molecule has 1 aliphatic heterocycles. The Morgan fingerprint density at radius 1 is 1.42 bits per heavy atom. The molecular weight excluding hydrogens is 243 g/mol. The Balaban J connectivity index is 1.79. The number of halogens is 1. The highest BCUT2D eigenvalue weighted by atomic mass is 19.1. The number of likely N-dealkylation sites (tertiary alicyclic amines) is 1. The van der Waals surface area contributed by atoms with Crippen molar-refractivity contribution in [2.24, 2.45) is 5.92 Å². The van der Waals surface area contributed by atoms with Crippen LogP contribution in [0.4, 0.5) is 4.39 Å². The summed E-state index contributed by atoms with van der Waals surface area (Å²) in [6.45, 7) is 5.42. The van der Waals surface area contributed by atoms with Crippen molar-refractivity contribution < 1.29 is 9.50 Å². The Morgan fingerprint density at radius 2 is 2.26 bits per heavy atom. The van der Waals surface area contributed by atoms with Crippen LogP contribution in [0.2, 0.25) is 0 Å². The maximum atomic E-state index is 12.8. The van der Waals surface area contributed by atoms with E-state index < -0.39 is 6.10 Å². The van der Waals surface area contributed by atoms with Crippen molar-refractivity contribution in [2.45, 2.75) is 38.7 Å². The van der Waals surface area contributed by atoms with Crippen LogP contribution < -0.4 is 0 Å². The van der Waals surface area contributed by atoms with Crippen molar-refractivity contribution in [1.82, 2.24) is 9.88 Å². The van der Waals surface area contributed by atoms with Gasteiger partial charge in [-0.1, -0.05) is 6.92 Å². The van der Waals surface area contributed by atoms with Crippen LogP contribution in [0.15, 0.2) is 18.3 Å². The van der Waals surface area contributed by atoms with Crippen LogP contribution in [-0.4, -0.2) is 34.6 Å². The van der Waals surface area contributed by atoms with Crippen molar-refractivity contribution >= 4 is 0 Å². The number of rotatable bonds is 4. The molecule has 2 heterocycles. The SMILES string of the molecule is CC1CCCN(CCC(O)c2ccc(F)cn2)CC1. The number of hydrogen-bond donors (Lipinski definition) is 1. The molecule has 1 saturated heterocycles. The minimum Gasteiger partial charge on any atom is -0.387 e. The average molecular weight is 266 g/mol. The van der Waals surface area contributed by atoms with Crippen LogP contribution in [0, 0.1) is 11.7 Å². The quantitative estimate of drug-likeness (QED) is 0.910. The zero-order valence-corrected chi connectivity index (χ0v) is 11.6. The minimum absolute atomic E-state index is 0.363. The first-order valence-electron chi connectivity index (χ1n) is 7.17. The van der Waals surface area contributed by atoms with E-state index >= 15 is 0 Å². The fraction of sp³-hybridized carbons (Fsp3) is 0.667. The molecule has 1 aromatic heterocycles. The first-order chi connectivity index (χ1) is 9.15. The Bertz CT molecular complexity index is 382. The highest BCUT2D eigenvalue weighted by molar-refractivity contribution is 5.07. The monoisotopic (exact) mass is 266 g/mol. The molecule has 0 amide bonds. The predicted molar refractivity (Wildman–Crippen MR) is 73.2 cm³/mol. The second-order valence-corrected chi connectivity index (χ2v) is 5.58. The number of aliphatic hydroxyl groups excluding tert-OH is 1. The lowest BCUT2D eigenvalue weighted by Crippen LogP contribution is -2.27. The molecule has 0 bridgehead atoms. The zero-order chi connectivity index (χ0) is 13.7. The molecule has 0 saturated carbocycles. The van der Waals surface area contributed by atoms with Crippen LogP contribution in [0.5, 0.6) is 0 Å². The Morgan fingerprint density at radius 3 is 3.00 bits per heavy atom. The van der Waals surface area contributed by atoms with Crippen LogP contribution in [-0.2, 0) is 0 Å². The highest BCUT2D eigenvalue weighted by Gasteiger charge is 2.16. The lowest BCUT2D eigenvalue weighted by atomic mass is 10.0. The third kappa shape index (κ3) is 4.55. The average Bonchev–Trinajstić information content (AvgIpc) is 2.61. The van der Waals surface area contributed by atoms with E-state index in [0.29, 0.717) is 12.1 Å². The normalized spacial score (nSPS) is 23.0. The fourth-order valence-corrected chi connectivity index (χ4v) is 2.58.